The number of rotatable bonds is 8. The summed E-state index contributed by atoms with van der Waals surface area (Å²) < 4.78 is 14.7. The Balaban J connectivity index is 0.974. The molecule has 0 atom stereocenters. The van der Waals surface area contributed by atoms with Crippen LogP contribution in [0.25, 0.3) is 120 Å². The third kappa shape index (κ3) is 7.20. The molecule has 0 saturated heterocycles. The Morgan fingerprint density at radius 2 is 0.735 bits per heavy atom. The molecule has 0 radical (unpaired) electrons. The number of hydrogen-bond donors (Lipinski definition) is 0. The molecule has 0 saturated carbocycles. The maximum Gasteiger partial charge on any atom is 0.159 e. The summed E-state index contributed by atoms with van der Waals surface area (Å²) in [6.45, 7) is 6.39. The van der Waals surface area contributed by atoms with Crippen LogP contribution in [-0.4, -0.2) is 0 Å². The highest BCUT2D eigenvalue weighted by molar-refractivity contribution is 6.31. The molecular formula is C77H48N4O2. The first-order valence-corrected chi connectivity index (χ1v) is 28.0. The van der Waals surface area contributed by atoms with E-state index in [-0.39, 0.29) is 0 Å². The highest BCUT2D eigenvalue weighted by Crippen LogP contribution is 2.53. The van der Waals surface area contributed by atoms with Gasteiger partial charge in [0.2, 0.25) is 0 Å². The van der Waals surface area contributed by atoms with Crippen molar-refractivity contribution in [2.24, 2.45) is 0 Å². The number of furan rings is 2. The summed E-state index contributed by atoms with van der Waals surface area (Å²) in [6, 6.07) is 88.2. The second-order valence-electron chi connectivity index (χ2n) is 21.9. The fraction of sp³-hybridized carbons (Fsp3) is 0.0390. The Bertz CT molecular complexity index is 5470. The van der Waals surface area contributed by atoms with E-state index in [9.17, 15) is 10.5 Å². The molecule has 14 aromatic carbocycles. The largest absolute Gasteiger partial charge is 0.453 e. The number of fused-ring (bicyclic) bond motifs is 10. The molecule has 0 aliphatic heterocycles. The zero-order valence-electron chi connectivity index (χ0n) is 45.6. The Kier molecular flexibility index (Phi) is 10.6. The summed E-state index contributed by atoms with van der Waals surface area (Å²) in [7, 11) is 0. The van der Waals surface area contributed by atoms with Gasteiger partial charge in [-0.1, -0.05) is 158 Å². The van der Waals surface area contributed by atoms with E-state index in [1.54, 1.807) is 0 Å². The molecule has 0 aliphatic carbocycles. The standard InChI is InChI=1S/C77H48N4O2/c1-45-40-63-67(81(65-35-29-49(44-79)39-47(65)3)69-27-15-25-60-73-57-23-13-11-21-54(57)42-62(77(73)83-75(60)69)51-18-8-5-9-19-51)36-31-52-30-32-58-66(37-33-55(45)71(58)70(52)63)80(64-34-28-48(43-78)38-46(64)2)68-26-14-24-59-72-56-22-12-10-20-53(56)41-61(76(72)82-74(59)68)50-16-6-4-7-17-50/h4-42H,1-3H3. The minimum atomic E-state index is 0.594. The number of hydrogen-bond acceptors (Lipinski definition) is 6. The molecule has 6 heteroatoms. The number of anilines is 6. The molecule has 2 heterocycles. The molecule has 2 aromatic heterocycles. The van der Waals surface area contributed by atoms with Gasteiger partial charge in [0, 0.05) is 54.8 Å². The van der Waals surface area contributed by atoms with Crippen molar-refractivity contribution in [2.75, 3.05) is 9.80 Å². The van der Waals surface area contributed by atoms with Crippen LogP contribution in [0.2, 0.25) is 0 Å². The van der Waals surface area contributed by atoms with E-state index in [1.807, 2.05) is 36.4 Å². The molecular weight excluding hydrogens is 1010 g/mol. The molecule has 0 aliphatic rings. The third-order valence-corrected chi connectivity index (χ3v) is 17.1. The van der Waals surface area contributed by atoms with Crippen LogP contribution in [0.5, 0.6) is 0 Å². The Hall–Kier alpha value is -11.2. The maximum absolute atomic E-state index is 10.2. The van der Waals surface area contributed by atoms with Crippen LogP contribution in [0.4, 0.5) is 34.1 Å². The maximum atomic E-state index is 10.2. The van der Waals surface area contributed by atoms with Crippen LogP contribution < -0.4 is 9.80 Å². The molecule has 0 unspecified atom stereocenters. The molecule has 0 N–H and O–H groups in total. The molecule has 16 aromatic rings. The van der Waals surface area contributed by atoms with Crippen LogP contribution in [0.3, 0.4) is 0 Å². The van der Waals surface area contributed by atoms with Crippen molar-refractivity contribution < 1.29 is 8.83 Å². The van der Waals surface area contributed by atoms with Crippen molar-refractivity contribution in [3.05, 3.63) is 264 Å². The van der Waals surface area contributed by atoms with Gasteiger partial charge in [-0.3, -0.25) is 0 Å². The van der Waals surface area contributed by atoms with Gasteiger partial charge in [-0.2, -0.15) is 10.5 Å². The lowest BCUT2D eigenvalue weighted by Crippen LogP contribution is -2.13. The lowest BCUT2D eigenvalue weighted by Gasteiger charge is -2.31. The number of benzene rings is 14. The van der Waals surface area contributed by atoms with Crippen LogP contribution in [0.1, 0.15) is 27.8 Å². The summed E-state index contributed by atoms with van der Waals surface area (Å²) in [5, 5.41) is 35.8. The van der Waals surface area contributed by atoms with Gasteiger partial charge in [-0.15, -0.1) is 0 Å². The predicted octanol–water partition coefficient (Wildman–Crippen LogP) is 21.6. The first kappa shape index (κ1) is 47.8. The number of nitrogens with zero attached hydrogens (tertiary/aromatic N) is 4. The van der Waals surface area contributed by atoms with Crippen LogP contribution in [-0.2, 0) is 0 Å². The fourth-order valence-corrected chi connectivity index (χ4v) is 13.4. The Morgan fingerprint density at radius 3 is 1.25 bits per heavy atom. The van der Waals surface area contributed by atoms with Gasteiger partial charge in [0.1, 0.15) is 11.2 Å². The predicted molar refractivity (Wildman–Crippen MR) is 344 cm³/mol. The summed E-state index contributed by atoms with van der Waals surface area (Å²) >= 11 is 0. The first-order valence-electron chi connectivity index (χ1n) is 28.0. The van der Waals surface area contributed by atoms with Crippen molar-refractivity contribution in [2.45, 2.75) is 20.8 Å². The first-order chi connectivity index (χ1) is 40.8. The SMILES string of the molecule is Cc1cc(C#N)ccc1N(c1ccc2ccc3c(N(c4ccc(C#N)cc4C)c4cccc5c4oc4c(-c6ccccc6)cc6ccccc6c45)ccc4c(C)cc1c2c43)c1cccc2c1oc1c(-c3ccccc3)cc3ccccc3c12. The van der Waals surface area contributed by atoms with Crippen molar-refractivity contribution in [1.29, 1.82) is 10.5 Å². The fourth-order valence-electron chi connectivity index (χ4n) is 13.4. The van der Waals surface area contributed by atoms with Crippen LogP contribution in [0.15, 0.2) is 245 Å². The summed E-state index contributed by atoms with van der Waals surface area (Å²) in [6.07, 6.45) is 0. The lowest BCUT2D eigenvalue weighted by molar-refractivity contribution is 0.670. The van der Waals surface area contributed by atoms with Crippen molar-refractivity contribution in [1.82, 2.24) is 0 Å². The molecule has 6 nitrogen and oxygen atoms in total. The smallest absolute Gasteiger partial charge is 0.159 e. The molecule has 0 spiro atoms. The van der Waals surface area contributed by atoms with Gasteiger partial charge >= 0.3 is 0 Å². The Labute approximate surface area is 478 Å². The number of nitriles is 2. The highest BCUT2D eigenvalue weighted by atomic mass is 16.3. The van der Waals surface area contributed by atoms with Gasteiger partial charge in [0.25, 0.3) is 0 Å². The monoisotopic (exact) mass is 1060 g/mol. The van der Waals surface area contributed by atoms with E-state index in [1.165, 1.54) is 0 Å². The number of aryl methyl sites for hydroxylation is 3. The molecule has 0 fully saturated rings. The summed E-state index contributed by atoms with van der Waals surface area (Å²) in [4.78, 5) is 4.69. The van der Waals surface area contributed by atoms with Gasteiger partial charge in [0.05, 0.1) is 46.0 Å². The average molecular weight is 1060 g/mol. The number of para-hydroxylation sites is 2. The summed E-state index contributed by atoms with van der Waals surface area (Å²) in [5.41, 5.74) is 17.2. The second-order valence-corrected chi connectivity index (χ2v) is 21.9. The van der Waals surface area contributed by atoms with E-state index < -0.39 is 0 Å². The second kappa shape index (κ2) is 18.4. The minimum absolute atomic E-state index is 0.594. The topological polar surface area (TPSA) is 80.3 Å². The van der Waals surface area contributed by atoms with Gasteiger partial charge in [0.15, 0.2) is 11.2 Å². The lowest BCUT2D eigenvalue weighted by atomic mass is 9.89. The molecule has 0 bridgehead atoms. The van der Waals surface area contributed by atoms with Gasteiger partial charge < -0.3 is 18.6 Å². The van der Waals surface area contributed by atoms with Crippen molar-refractivity contribution in [3.63, 3.8) is 0 Å². The quantitative estimate of drug-likeness (QED) is 0.141. The normalized spacial score (nSPS) is 11.8. The minimum Gasteiger partial charge on any atom is -0.453 e. The van der Waals surface area contributed by atoms with E-state index in [0.717, 1.165) is 171 Å². The molecule has 16 rings (SSSR count). The van der Waals surface area contributed by atoms with Crippen LogP contribution in [0, 0.1) is 43.4 Å². The van der Waals surface area contributed by atoms with E-state index in [0.29, 0.717) is 11.1 Å². The van der Waals surface area contributed by atoms with E-state index in [2.05, 4.69) is 243 Å². The average Bonchev–Trinajstić information content (AvgIpc) is 2.59. The zero-order valence-corrected chi connectivity index (χ0v) is 45.6. The molecule has 0 amide bonds. The van der Waals surface area contributed by atoms with Gasteiger partial charge in [-0.25, -0.2) is 0 Å². The highest BCUT2D eigenvalue weighted by Gasteiger charge is 2.29. The Morgan fingerprint density at radius 1 is 0.289 bits per heavy atom. The summed E-state index contributed by atoms with van der Waals surface area (Å²) in [5.74, 6) is 0. The van der Waals surface area contributed by atoms with Crippen molar-refractivity contribution in [3.8, 4) is 34.4 Å². The molecule has 83 heavy (non-hydrogen) atoms. The van der Waals surface area contributed by atoms with Crippen molar-refractivity contribution >= 4 is 132 Å². The van der Waals surface area contributed by atoms with Crippen LogP contribution >= 0.6 is 0 Å². The molecule has 388 valence electrons. The van der Waals surface area contributed by atoms with E-state index in [4.69, 9.17) is 8.83 Å². The van der Waals surface area contributed by atoms with E-state index >= 15 is 0 Å². The zero-order chi connectivity index (χ0) is 55.6. The third-order valence-electron chi connectivity index (χ3n) is 17.1. The van der Waals surface area contributed by atoms with Gasteiger partial charge in [-0.05, 0) is 171 Å².